The molecule has 8 nitrogen and oxygen atoms in total. The van der Waals surface area contributed by atoms with Gasteiger partial charge in [0.15, 0.2) is 5.82 Å². The number of benzene rings is 1. The van der Waals surface area contributed by atoms with Crippen molar-refractivity contribution in [2.75, 3.05) is 28.6 Å². The Kier molecular flexibility index (Phi) is 6.11. The molecule has 3 rings (SSSR count). The van der Waals surface area contributed by atoms with Crippen LogP contribution in [-0.4, -0.2) is 34.1 Å². The highest BCUT2D eigenvalue weighted by atomic mass is 16.5. The van der Waals surface area contributed by atoms with Crippen LogP contribution in [0.4, 0.5) is 23.0 Å². The summed E-state index contributed by atoms with van der Waals surface area (Å²) in [5.74, 6) is 1.64. The monoisotopic (exact) mass is 394 g/mol. The highest BCUT2D eigenvalue weighted by molar-refractivity contribution is 6.02. The second kappa shape index (κ2) is 8.72. The van der Waals surface area contributed by atoms with Gasteiger partial charge >= 0.3 is 0 Å². The first-order valence-electron chi connectivity index (χ1n) is 9.62. The van der Waals surface area contributed by atoms with Gasteiger partial charge in [0, 0.05) is 36.6 Å². The number of nitrogens with zero attached hydrogens (tertiary/aromatic N) is 4. The van der Waals surface area contributed by atoms with Crippen molar-refractivity contribution in [3.8, 4) is 0 Å². The van der Waals surface area contributed by atoms with Crippen LogP contribution in [0.3, 0.4) is 0 Å². The number of carbonyl (C=O) groups is 1. The normalized spacial score (nSPS) is 10.7. The molecule has 2 aromatic heterocycles. The predicted molar refractivity (Wildman–Crippen MR) is 114 cm³/mol. The highest BCUT2D eigenvalue weighted by Crippen LogP contribution is 2.25. The smallest absolute Gasteiger partial charge is 0.275 e. The zero-order valence-electron chi connectivity index (χ0n) is 17.4. The summed E-state index contributed by atoms with van der Waals surface area (Å²) in [5.41, 5.74) is 3.45. The first-order valence-corrected chi connectivity index (χ1v) is 9.62. The molecule has 29 heavy (non-hydrogen) atoms. The summed E-state index contributed by atoms with van der Waals surface area (Å²) in [4.78, 5) is 23.4. The molecule has 0 bridgehead atoms. The molecule has 0 aliphatic carbocycles. The van der Waals surface area contributed by atoms with Gasteiger partial charge in [-0.3, -0.25) is 4.79 Å². The third-order valence-corrected chi connectivity index (χ3v) is 4.54. The van der Waals surface area contributed by atoms with Gasteiger partial charge in [-0.2, -0.15) is 0 Å². The minimum atomic E-state index is -0.375. The van der Waals surface area contributed by atoms with E-state index in [-0.39, 0.29) is 11.6 Å². The average Bonchev–Trinajstić information content (AvgIpc) is 3.09. The number of aryl methyl sites for hydroxylation is 3. The van der Waals surface area contributed by atoms with E-state index in [4.69, 9.17) is 4.52 Å². The maximum atomic E-state index is 12.5. The summed E-state index contributed by atoms with van der Waals surface area (Å²) < 4.78 is 4.97. The predicted octanol–water partition coefficient (Wildman–Crippen LogP) is 4.23. The lowest BCUT2D eigenvalue weighted by molar-refractivity contribution is 0.102. The third-order valence-electron chi connectivity index (χ3n) is 4.54. The summed E-state index contributed by atoms with van der Waals surface area (Å²) in [6, 6.07) is 9.51. The van der Waals surface area contributed by atoms with Gasteiger partial charge < -0.3 is 20.1 Å². The van der Waals surface area contributed by atoms with Crippen molar-refractivity contribution in [3.05, 3.63) is 53.2 Å². The van der Waals surface area contributed by atoms with Crippen LogP contribution in [-0.2, 0) is 0 Å². The number of carbonyl (C=O) groups excluding carboxylic acids is 1. The van der Waals surface area contributed by atoms with Gasteiger partial charge in [-0.1, -0.05) is 5.16 Å². The SMILES string of the molecule is CCN(CC)c1ccc(Nc2cc(C(=O)Nc3cc(C)on3)nc(C)n2)c(C)c1. The van der Waals surface area contributed by atoms with E-state index in [0.29, 0.717) is 23.2 Å². The zero-order chi connectivity index (χ0) is 21.0. The van der Waals surface area contributed by atoms with Crippen LogP contribution in [0.15, 0.2) is 34.9 Å². The molecule has 152 valence electrons. The number of aromatic nitrogens is 3. The Morgan fingerprint density at radius 1 is 1.03 bits per heavy atom. The van der Waals surface area contributed by atoms with Crippen LogP contribution in [0.25, 0.3) is 0 Å². The van der Waals surface area contributed by atoms with E-state index in [1.807, 2.05) is 13.0 Å². The fourth-order valence-electron chi connectivity index (χ4n) is 3.07. The molecule has 0 aliphatic rings. The van der Waals surface area contributed by atoms with Crippen molar-refractivity contribution < 1.29 is 9.32 Å². The van der Waals surface area contributed by atoms with E-state index in [0.717, 1.165) is 24.3 Å². The minimum Gasteiger partial charge on any atom is -0.372 e. The van der Waals surface area contributed by atoms with Crippen molar-refractivity contribution in [2.45, 2.75) is 34.6 Å². The Hall–Kier alpha value is -3.42. The second-order valence-electron chi connectivity index (χ2n) is 6.76. The van der Waals surface area contributed by atoms with Crippen LogP contribution >= 0.6 is 0 Å². The van der Waals surface area contributed by atoms with Gasteiger partial charge in [0.25, 0.3) is 5.91 Å². The third kappa shape index (κ3) is 4.90. The van der Waals surface area contributed by atoms with Gasteiger partial charge in [-0.05, 0) is 58.4 Å². The van der Waals surface area contributed by atoms with Crippen LogP contribution in [0, 0.1) is 20.8 Å². The first-order chi connectivity index (χ1) is 13.9. The lowest BCUT2D eigenvalue weighted by Gasteiger charge is -2.22. The van der Waals surface area contributed by atoms with Gasteiger partial charge in [0.05, 0.1) is 0 Å². The van der Waals surface area contributed by atoms with Gasteiger partial charge in [-0.25, -0.2) is 9.97 Å². The number of rotatable bonds is 7. The summed E-state index contributed by atoms with van der Waals surface area (Å²) in [5, 5.41) is 9.74. The van der Waals surface area contributed by atoms with Gasteiger partial charge in [-0.15, -0.1) is 0 Å². The molecule has 3 aromatic rings. The van der Waals surface area contributed by atoms with Crippen molar-refractivity contribution in [1.82, 2.24) is 15.1 Å². The molecule has 0 saturated carbocycles. The number of hydrogen-bond donors (Lipinski definition) is 2. The molecule has 0 fully saturated rings. The first kappa shape index (κ1) is 20.3. The molecule has 2 heterocycles. The maximum Gasteiger partial charge on any atom is 0.275 e. The van der Waals surface area contributed by atoms with E-state index < -0.39 is 0 Å². The standard InChI is InChI=1S/C21H26N6O2/c1-6-27(7-2)16-8-9-17(13(3)10-16)24-19-12-18(22-15(5)23-19)21(28)25-20-11-14(4)29-26-20/h8-12H,6-7H2,1-5H3,(H,22,23,24)(H,25,26,28). The Morgan fingerprint density at radius 3 is 2.41 bits per heavy atom. The molecule has 0 radical (unpaired) electrons. The van der Waals surface area contributed by atoms with E-state index >= 15 is 0 Å². The Bertz CT molecular complexity index is 1010. The molecular formula is C21H26N6O2. The molecule has 0 aliphatic heterocycles. The molecule has 0 saturated heterocycles. The minimum absolute atomic E-state index is 0.248. The molecule has 0 spiro atoms. The topological polar surface area (TPSA) is 96.2 Å². The molecular weight excluding hydrogens is 368 g/mol. The Balaban J connectivity index is 1.80. The molecule has 1 aromatic carbocycles. The second-order valence-corrected chi connectivity index (χ2v) is 6.76. The van der Waals surface area contributed by atoms with Crippen molar-refractivity contribution in [3.63, 3.8) is 0 Å². The lowest BCUT2D eigenvalue weighted by Crippen LogP contribution is -2.21. The molecule has 0 atom stereocenters. The Labute approximate surface area is 170 Å². The van der Waals surface area contributed by atoms with Gasteiger partial charge in [0.1, 0.15) is 23.1 Å². The average molecular weight is 394 g/mol. The van der Waals surface area contributed by atoms with Crippen LogP contribution < -0.4 is 15.5 Å². The quantitative estimate of drug-likeness (QED) is 0.619. The lowest BCUT2D eigenvalue weighted by atomic mass is 10.1. The van der Waals surface area contributed by atoms with Crippen molar-refractivity contribution in [2.24, 2.45) is 0 Å². The number of hydrogen-bond acceptors (Lipinski definition) is 7. The molecule has 8 heteroatoms. The number of nitrogens with one attached hydrogen (secondary N) is 2. The fraction of sp³-hybridized carbons (Fsp3) is 0.333. The number of anilines is 4. The van der Waals surface area contributed by atoms with Crippen molar-refractivity contribution in [1.29, 1.82) is 0 Å². The fourth-order valence-corrected chi connectivity index (χ4v) is 3.07. The maximum absolute atomic E-state index is 12.5. The highest BCUT2D eigenvalue weighted by Gasteiger charge is 2.14. The van der Waals surface area contributed by atoms with Crippen molar-refractivity contribution >= 4 is 28.9 Å². The summed E-state index contributed by atoms with van der Waals surface area (Å²) >= 11 is 0. The summed E-state index contributed by atoms with van der Waals surface area (Å²) in [6.07, 6.45) is 0. The van der Waals surface area contributed by atoms with E-state index in [1.165, 1.54) is 5.69 Å². The molecule has 0 unspecified atom stereocenters. The largest absolute Gasteiger partial charge is 0.372 e. The van der Waals surface area contributed by atoms with Crippen LogP contribution in [0.1, 0.15) is 41.5 Å². The van der Waals surface area contributed by atoms with E-state index in [1.54, 1.807) is 26.0 Å². The molecule has 1 amide bonds. The van der Waals surface area contributed by atoms with Gasteiger partial charge in [0.2, 0.25) is 0 Å². The number of amides is 1. The zero-order valence-corrected chi connectivity index (χ0v) is 17.4. The van der Waals surface area contributed by atoms with Crippen LogP contribution in [0.5, 0.6) is 0 Å². The van der Waals surface area contributed by atoms with E-state index in [2.05, 4.69) is 56.6 Å². The van der Waals surface area contributed by atoms with E-state index in [9.17, 15) is 4.79 Å². The summed E-state index contributed by atoms with van der Waals surface area (Å²) in [7, 11) is 0. The molecule has 2 N–H and O–H groups in total. The van der Waals surface area contributed by atoms with Crippen LogP contribution in [0.2, 0.25) is 0 Å². The summed E-state index contributed by atoms with van der Waals surface area (Å²) in [6.45, 7) is 11.7. The Morgan fingerprint density at radius 2 is 1.79 bits per heavy atom.